The van der Waals surface area contributed by atoms with Crippen LogP contribution in [0, 0.1) is 0 Å². The minimum absolute atomic E-state index is 0.0493. The molecule has 0 N–H and O–H groups in total. The summed E-state index contributed by atoms with van der Waals surface area (Å²) in [6, 6.07) is 5.79. The van der Waals surface area contributed by atoms with Crippen LogP contribution in [0.25, 0.3) is 10.2 Å². The normalized spacial score (nSPS) is 12.3. The average Bonchev–Trinajstić information content (AvgIpc) is 2.75. The van der Waals surface area contributed by atoms with Crippen LogP contribution >= 0.6 is 22.9 Å². The number of unbranched alkanes of at least 4 members (excludes halogenated alkanes) is 1. The summed E-state index contributed by atoms with van der Waals surface area (Å²) in [5.74, 6) is -0.0493. The Morgan fingerprint density at radius 3 is 2.89 bits per heavy atom. The van der Waals surface area contributed by atoms with E-state index in [0.717, 1.165) is 34.4 Å². The van der Waals surface area contributed by atoms with Crippen molar-refractivity contribution >= 4 is 39.1 Å². The maximum Gasteiger partial charge on any atom is 0.248 e. The highest BCUT2D eigenvalue weighted by Gasteiger charge is 2.09. The van der Waals surface area contributed by atoms with Crippen molar-refractivity contribution in [2.24, 2.45) is 4.99 Å². The van der Waals surface area contributed by atoms with E-state index in [1.165, 1.54) is 11.3 Å². The van der Waals surface area contributed by atoms with E-state index in [-0.39, 0.29) is 5.91 Å². The maximum atomic E-state index is 11.8. The van der Waals surface area contributed by atoms with Crippen LogP contribution < -0.4 is 4.80 Å². The molecule has 1 amide bonds. The number of hydrogen-bond donors (Lipinski definition) is 0. The van der Waals surface area contributed by atoms with Gasteiger partial charge in [-0.25, -0.2) is 0 Å². The Balaban J connectivity index is 2.52. The van der Waals surface area contributed by atoms with Gasteiger partial charge in [0.2, 0.25) is 5.91 Å². The zero-order valence-electron chi connectivity index (χ0n) is 11.1. The lowest BCUT2D eigenvalue weighted by molar-refractivity contribution is -0.118. The molecule has 0 saturated heterocycles. The number of nitrogens with zero attached hydrogens (tertiary/aromatic N) is 2. The summed E-state index contributed by atoms with van der Waals surface area (Å²) in [4.78, 5) is 16.8. The molecule has 0 spiro atoms. The molecular weight excluding hydrogens is 280 g/mol. The Morgan fingerprint density at radius 2 is 2.21 bits per heavy atom. The third kappa shape index (κ3) is 3.07. The molecule has 0 radical (unpaired) electrons. The smallest absolute Gasteiger partial charge is 0.248 e. The SMILES string of the molecule is CCCCC(=O)N=c1sc2cccc(Cl)c2n1CC. The highest BCUT2D eigenvalue weighted by atomic mass is 35.5. The molecule has 0 unspecified atom stereocenters. The summed E-state index contributed by atoms with van der Waals surface area (Å²) in [6.07, 6.45) is 2.41. The number of para-hydroxylation sites is 1. The molecule has 2 aromatic rings. The van der Waals surface area contributed by atoms with E-state index >= 15 is 0 Å². The predicted molar refractivity (Wildman–Crippen MR) is 80.6 cm³/mol. The number of aryl methyl sites for hydroxylation is 1. The van der Waals surface area contributed by atoms with Crippen LogP contribution in [0.3, 0.4) is 0 Å². The zero-order valence-corrected chi connectivity index (χ0v) is 12.7. The van der Waals surface area contributed by atoms with Crippen LogP contribution in [0.2, 0.25) is 5.02 Å². The van der Waals surface area contributed by atoms with Crippen LogP contribution in [0.5, 0.6) is 0 Å². The second-order valence-corrected chi connectivity index (χ2v) is 5.74. The minimum Gasteiger partial charge on any atom is -0.315 e. The van der Waals surface area contributed by atoms with Gasteiger partial charge >= 0.3 is 0 Å². The molecule has 19 heavy (non-hydrogen) atoms. The fourth-order valence-electron chi connectivity index (χ4n) is 1.96. The van der Waals surface area contributed by atoms with Gasteiger partial charge < -0.3 is 4.57 Å². The third-order valence-corrected chi connectivity index (χ3v) is 4.28. The van der Waals surface area contributed by atoms with E-state index in [1.807, 2.05) is 29.7 Å². The van der Waals surface area contributed by atoms with E-state index in [9.17, 15) is 4.79 Å². The Kier molecular flexibility index (Phi) is 4.77. The summed E-state index contributed by atoms with van der Waals surface area (Å²) < 4.78 is 3.07. The van der Waals surface area contributed by atoms with E-state index in [1.54, 1.807) is 0 Å². The zero-order chi connectivity index (χ0) is 13.8. The maximum absolute atomic E-state index is 11.8. The first-order valence-electron chi connectivity index (χ1n) is 6.52. The number of rotatable bonds is 4. The van der Waals surface area contributed by atoms with Crippen molar-refractivity contribution in [3.63, 3.8) is 0 Å². The molecule has 0 aliphatic carbocycles. The van der Waals surface area contributed by atoms with Crippen LogP contribution in [-0.4, -0.2) is 10.5 Å². The largest absolute Gasteiger partial charge is 0.315 e. The summed E-state index contributed by atoms with van der Waals surface area (Å²) in [5, 5.41) is 0.707. The van der Waals surface area contributed by atoms with E-state index < -0.39 is 0 Å². The lowest BCUT2D eigenvalue weighted by Gasteiger charge is -2.01. The van der Waals surface area contributed by atoms with Crippen molar-refractivity contribution < 1.29 is 4.79 Å². The van der Waals surface area contributed by atoms with E-state index in [0.29, 0.717) is 11.4 Å². The molecule has 0 aliphatic heterocycles. The molecule has 0 aliphatic rings. The molecule has 2 rings (SSSR count). The Labute approximate surface area is 121 Å². The van der Waals surface area contributed by atoms with Crippen LogP contribution in [0.1, 0.15) is 33.1 Å². The molecule has 5 heteroatoms. The lowest BCUT2D eigenvalue weighted by Crippen LogP contribution is -2.15. The summed E-state index contributed by atoms with van der Waals surface area (Å²) in [7, 11) is 0. The molecule has 0 fully saturated rings. The fraction of sp³-hybridized carbons (Fsp3) is 0.429. The molecule has 0 saturated carbocycles. The second kappa shape index (κ2) is 6.35. The topological polar surface area (TPSA) is 34.4 Å². The highest BCUT2D eigenvalue weighted by Crippen LogP contribution is 2.25. The number of carbonyl (C=O) groups is 1. The molecular formula is C14H17ClN2OS. The van der Waals surface area contributed by atoms with Gasteiger partial charge in [-0.1, -0.05) is 42.3 Å². The average molecular weight is 297 g/mol. The van der Waals surface area contributed by atoms with Crippen molar-refractivity contribution in [2.45, 2.75) is 39.7 Å². The number of amides is 1. The van der Waals surface area contributed by atoms with Gasteiger partial charge in [-0.3, -0.25) is 4.79 Å². The van der Waals surface area contributed by atoms with Crippen molar-refractivity contribution in [1.82, 2.24) is 4.57 Å². The predicted octanol–water partition coefficient (Wildman–Crippen LogP) is 3.99. The second-order valence-electron chi connectivity index (χ2n) is 4.32. The van der Waals surface area contributed by atoms with Crippen molar-refractivity contribution in [1.29, 1.82) is 0 Å². The van der Waals surface area contributed by atoms with Gasteiger partial charge in [-0.2, -0.15) is 4.99 Å². The lowest BCUT2D eigenvalue weighted by atomic mass is 10.2. The number of hydrogen-bond acceptors (Lipinski definition) is 2. The molecule has 0 bridgehead atoms. The molecule has 3 nitrogen and oxygen atoms in total. The quantitative estimate of drug-likeness (QED) is 0.840. The van der Waals surface area contributed by atoms with Crippen LogP contribution in [0.15, 0.2) is 23.2 Å². The molecule has 102 valence electrons. The molecule has 1 aromatic heterocycles. The van der Waals surface area contributed by atoms with Gasteiger partial charge in [0.15, 0.2) is 4.80 Å². The molecule has 0 atom stereocenters. The number of aromatic nitrogens is 1. The van der Waals surface area contributed by atoms with Crippen molar-refractivity contribution in [3.8, 4) is 0 Å². The van der Waals surface area contributed by atoms with Gasteiger partial charge in [0.1, 0.15) is 0 Å². The fourth-order valence-corrected chi connectivity index (χ4v) is 3.43. The van der Waals surface area contributed by atoms with E-state index in [2.05, 4.69) is 11.9 Å². The van der Waals surface area contributed by atoms with E-state index in [4.69, 9.17) is 11.6 Å². The van der Waals surface area contributed by atoms with Gasteiger partial charge in [0, 0.05) is 13.0 Å². The van der Waals surface area contributed by atoms with Crippen LogP contribution in [0.4, 0.5) is 0 Å². The third-order valence-electron chi connectivity index (χ3n) is 2.93. The highest BCUT2D eigenvalue weighted by molar-refractivity contribution is 7.16. The first-order valence-corrected chi connectivity index (χ1v) is 7.72. The standard InChI is InChI=1S/C14H17ClN2OS/c1-3-5-9-12(18)16-14-17(4-2)13-10(15)7-6-8-11(13)19-14/h6-8H,3-5,9H2,1-2H3. The summed E-state index contributed by atoms with van der Waals surface area (Å²) in [5.41, 5.74) is 0.971. The van der Waals surface area contributed by atoms with Crippen molar-refractivity contribution in [2.75, 3.05) is 0 Å². The summed E-state index contributed by atoms with van der Waals surface area (Å²) >= 11 is 7.75. The number of halogens is 1. The Morgan fingerprint density at radius 1 is 1.42 bits per heavy atom. The number of fused-ring (bicyclic) bond motifs is 1. The Bertz CT molecular complexity index is 657. The first kappa shape index (κ1) is 14.3. The number of carbonyl (C=O) groups excluding carboxylic acids is 1. The Hall–Kier alpha value is -1.13. The van der Waals surface area contributed by atoms with Gasteiger partial charge in [-0.05, 0) is 25.5 Å². The minimum atomic E-state index is -0.0493. The first-order chi connectivity index (χ1) is 9.17. The van der Waals surface area contributed by atoms with Crippen molar-refractivity contribution in [3.05, 3.63) is 28.0 Å². The van der Waals surface area contributed by atoms with Gasteiger partial charge in [0.05, 0.1) is 15.2 Å². The number of benzene rings is 1. The summed E-state index contributed by atoms with van der Waals surface area (Å²) in [6.45, 7) is 4.85. The monoisotopic (exact) mass is 296 g/mol. The van der Waals surface area contributed by atoms with Gasteiger partial charge in [0.25, 0.3) is 0 Å². The van der Waals surface area contributed by atoms with Gasteiger partial charge in [-0.15, -0.1) is 0 Å². The van der Waals surface area contributed by atoms with Crippen LogP contribution in [-0.2, 0) is 11.3 Å². The number of thiazole rings is 1. The molecule has 1 heterocycles. The molecule has 1 aromatic carbocycles.